The number of furan rings is 1. The predicted octanol–water partition coefficient (Wildman–Crippen LogP) is 2.50. The molecule has 0 saturated carbocycles. The lowest BCUT2D eigenvalue weighted by Crippen LogP contribution is -2.02. The first-order valence-corrected chi connectivity index (χ1v) is 5.05. The third-order valence-corrected chi connectivity index (χ3v) is 2.28. The van der Waals surface area contributed by atoms with E-state index in [1.807, 2.05) is 6.07 Å². The molecule has 0 radical (unpaired) electrons. The number of hydrogen-bond acceptors (Lipinski definition) is 5. The van der Waals surface area contributed by atoms with E-state index >= 15 is 0 Å². The van der Waals surface area contributed by atoms with Crippen LogP contribution < -0.4 is 5.32 Å². The van der Waals surface area contributed by atoms with Gasteiger partial charge in [-0.1, -0.05) is 0 Å². The summed E-state index contributed by atoms with van der Waals surface area (Å²) in [6.45, 7) is 2.10. The normalized spacial score (nSPS) is 10.2. The minimum absolute atomic E-state index is 0.0218. The maximum atomic E-state index is 10.6. The van der Waals surface area contributed by atoms with Crippen molar-refractivity contribution in [3.63, 3.8) is 0 Å². The molecule has 2 aromatic heterocycles. The van der Waals surface area contributed by atoms with Gasteiger partial charge in [0, 0.05) is 6.07 Å². The molecule has 0 aliphatic heterocycles. The average Bonchev–Trinajstić information content (AvgIpc) is 2.78. The molecular formula is C11H11N3O3. The molecule has 0 aliphatic rings. The van der Waals surface area contributed by atoms with Gasteiger partial charge in [-0.2, -0.15) is 0 Å². The van der Waals surface area contributed by atoms with Gasteiger partial charge in [0.25, 0.3) is 5.69 Å². The maximum Gasteiger partial charge on any atom is 0.290 e. The van der Waals surface area contributed by atoms with Crippen molar-refractivity contribution in [2.45, 2.75) is 13.5 Å². The first kappa shape index (κ1) is 11.1. The van der Waals surface area contributed by atoms with Gasteiger partial charge in [0.05, 0.1) is 17.7 Å². The van der Waals surface area contributed by atoms with Gasteiger partial charge < -0.3 is 9.73 Å². The molecule has 1 N–H and O–H groups in total. The molecule has 88 valence electrons. The molecule has 2 aromatic rings. The Hall–Kier alpha value is -2.37. The Morgan fingerprint density at radius 1 is 1.47 bits per heavy atom. The van der Waals surface area contributed by atoms with Gasteiger partial charge in [-0.25, -0.2) is 4.98 Å². The van der Waals surface area contributed by atoms with Crippen LogP contribution in [-0.4, -0.2) is 9.91 Å². The first-order chi connectivity index (χ1) is 8.16. The highest BCUT2D eigenvalue weighted by atomic mass is 16.6. The van der Waals surface area contributed by atoms with E-state index in [1.165, 1.54) is 6.07 Å². The zero-order valence-corrected chi connectivity index (χ0v) is 9.21. The van der Waals surface area contributed by atoms with Crippen LogP contribution in [0.2, 0.25) is 0 Å². The van der Waals surface area contributed by atoms with E-state index in [4.69, 9.17) is 4.42 Å². The van der Waals surface area contributed by atoms with Crippen LogP contribution in [0.3, 0.4) is 0 Å². The van der Waals surface area contributed by atoms with Crippen molar-refractivity contribution in [1.29, 1.82) is 0 Å². The summed E-state index contributed by atoms with van der Waals surface area (Å²) in [6, 6.07) is 6.65. The van der Waals surface area contributed by atoms with Gasteiger partial charge >= 0.3 is 0 Å². The minimum atomic E-state index is -0.446. The highest BCUT2D eigenvalue weighted by Gasteiger charge is 2.11. The van der Waals surface area contributed by atoms with E-state index in [0.29, 0.717) is 18.1 Å². The number of pyridine rings is 1. The summed E-state index contributed by atoms with van der Waals surface area (Å²) in [7, 11) is 0. The Kier molecular flexibility index (Phi) is 3.04. The number of anilines is 1. The molecule has 0 atom stereocenters. The number of aromatic nitrogens is 1. The van der Waals surface area contributed by atoms with Gasteiger partial charge in [-0.3, -0.25) is 10.1 Å². The van der Waals surface area contributed by atoms with Crippen molar-refractivity contribution in [2.24, 2.45) is 0 Å². The van der Waals surface area contributed by atoms with E-state index in [1.54, 1.807) is 25.3 Å². The fourth-order valence-electron chi connectivity index (χ4n) is 1.44. The SMILES string of the molecule is Cc1nc(NCc2ccco2)ccc1[N+](=O)[O-]. The fourth-order valence-corrected chi connectivity index (χ4v) is 1.44. The number of aryl methyl sites for hydroxylation is 1. The number of hydrogen-bond donors (Lipinski definition) is 1. The Morgan fingerprint density at radius 2 is 2.29 bits per heavy atom. The van der Waals surface area contributed by atoms with Crippen molar-refractivity contribution in [2.75, 3.05) is 5.32 Å². The molecule has 0 saturated heterocycles. The quantitative estimate of drug-likeness (QED) is 0.648. The molecule has 0 unspecified atom stereocenters. The van der Waals surface area contributed by atoms with E-state index in [-0.39, 0.29) is 5.69 Å². The summed E-state index contributed by atoms with van der Waals surface area (Å²) in [5.41, 5.74) is 0.410. The highest BCUT2D eigenvalue weighted by Crippen LogP contribution is 2.18. The van der Waals surface area contributed by atoms with Crippen LogP contribution in [0.25, 0.3) is 0 Å². The summed E-state index contributed by atoms with van der Waals surface area (Å²) in [6.07, 6.45) is 1.59. The van der Waals surface area contributed by atoms with Crippen LogP contribution in [0.5, 0.6) is 0 Å². The molecule has 2 heterocycles. The minimum Gasteiger partial charge on any atom is -0.467 e. The third kappa shape index (κ3) is 2.60. The highest BCUT2D eigenvalue weighted by molar-refractivity contribution is 5.44. The largest absolute Gasteiger partial charge is 0.467 e. The number of nitrogens with one attached hydrogen (secondary N) is 1. The maximum absolute atomic E-state index is 10.6. The number of nitro groups is 1. The molecule has 0 amide bonds. The Balaban J connectivity index is 2.07. The van der Waals surface area contributed by atoms with Crippen LogP contribution in [-0.2, 0) is 6.54 Å². The van der Waals surface area contributed by atoms with E-state index in [0.717, 1.165) is 5.76 Å². The molecule has 17 heavy (non-hydrogen) atoms. The summed E-state index contributed by atoms with van der Waals surface area (Å²) in [5, 5.41) is 13.6. The molecule has 2 rings (SSSR count). The van der Waals surface area contributed by atoms with Crippen molar-refractivity contribution in [1.82, 2.24) is 4.98 Å². The van der Waals surface area contributed by atoms with Crippen LogP contribution in [0.1, 0.15) is 11.5 Å². The van der Waals surface area contributed by atoms with Gasteiger partial charge in [0.2, 0.25) is 0 Å². The topological polar surface area (TPSA) is 81.2 Å². The van der Waals surface area contributed by atoms with Crippen LogP contribution in [0, 0.1) is 17.0 Å². The standard InChI is InChI=1S/C11H11N3O3/c1-8-10(14(15)16)4-5-11(13-8)12-7-9-3-2-6-17-9/h2-6H,7H2,1H3,(H,12,13). The monoisotopic (exact) mass is 233 g/mol. The van der Waals surface area contributed by atoms with E-state index in [2.05, 4.69) is 10.3 Å². The first-order valence-electron chi connectivity index (χ1n) is 5.05. The lowest BCUT2D eigenvalue weighted by atomic mass is 10.3. The zero-order chi connectivity index (χ0) is 12.3. The van der Waals surface area contributed by atoms with Crippen LogP contribution >= 0.6 is 0 Å². The molecule has 6 heteroatoms. The summed E-state index contributed by atoms with van der Waals surface area (Å²) in [5.74, 6) is 1.37. The molecule has 0 bridgehead atoms. The van der Waals surface area contributed by atoms with Crippen molar-refractivity contribution >= 4 is 11.5 Å². The second-order valence-electron chi connectivity index (χ2n) is 3.49. The van der Waals surface area contributed by atoms with Gasteiger partial charge in [0.15, 0.2) is 0 Å². The summed E-state index contributed by atoms with van der Waals surface area (Å²) < 4.78 is 5.15. The lowest BCUT2D eigenvalue weighted by molar-refractivity contribution is -0.385. The van der Waals surface area contributed by atoms with Crippen molar-refractivity contribution in [3.05, 3.63) is 52.1 Å². The van der Waals surface area contributed by atoms with Gasteiger partial charge in [0.1, 0.15) is 17.3 Å². The second kappa shape index (κ2) is 4.65. The van der Waals surface area contributed by atoms with E-state index < -0.39 is 4.92 Å². The number of nitrogens with zero attached hydrogens (tertiary/aromatic N) is 2. The van der Waals surface area contributed by atoms with Crippen LogP contribution in [0.15, 0.2) is 34.9 Å². The van der Waals surface area contributed by atoms with Gasteiger partial charge in [-0.05, 0) is 25.1 Å². The smallest absolute Gasteiger partial charge is 0.290 e. The van der Waals surface area contributed by atoms with E-state index in [9.17, 15) is 10.1 Å². The Labute approximate surface area is 97.4 Å². The van der Waals surface area contributed by atoms with Gasteiger partial charge in [-0.15, -0.1) is 0 Å². The predicted molar refractivity (Wildman–Crippen MR) is 61.7 cm³/mol. The molecule has 0 aromatic carbocycles. The second-order valence-corrected chi connectivity index (χ2v) is 3.49. The molecule has 0 spiro atoms. The lowest BCUT2D eigenvalue weighted by Gasteiger charge is -2.04. The Bertz CT molecular complexity index is 523. The zero-order valence-electron chi connectivity index (χ0n) is 9.21. The average molecular weight is 233 g/mol. The molecule has 0 aliphatic carbocycles. The summed E-state index contributed by atoms with van der Waals surface area (Å²) in [4.78, 5) is 14.3. The number of rotatable bonds is 4. The molecule has 0 fully saturated rings. The van der Waals surface area contributed by atoms with Crippen molar-refractivity contribution < 1.29 is 9.34 Å². The molecule has 6 nitrogen and oxygen atoms in total. The third-order valence-electron chi connectivity index (χ3n) is 2.28. The fraction of sp³-hybridized carbons (Fsp3) is 0.182. The summed E-state index contributed by atoms with van der Waals surface area (Å²) >= 11 is 0. The molecular weight excluding hydrogens is 222 g/mol. The van der Waals surface area contributed by atoms with Crippen LogP contribution in [0.4, 0.5) is 11.5 Å². The Morgan fingerprint density at radius 3 is 2.88 bits per heavy atom. The van der Waals surface area contributed by atoms with Crippen molar-refractivity contribution in [3.8, 4) is 0 Å².